The van der Waals surface area contributed by atoms with Gasteiger partial charge < -0.3 is 10.1 Å². The van der Waals surface area contributed by atoms with E-state index in [0.29, 0.717) is 5.82 Å². The summed E-state index contributed by atoms with van der Waals surface area (Å²) in [5, 5.41) is 10.1. The summed E-state index contributed by atoms with van der Waals surface area (Å²) < 4.78 is 1.01. The molecule has 0 saturated carbocycles. The molecule has 0 amide bonds. The number of hydrogen-bond donors (Lipinski definition) is 2. The van der Waals surface area contributed by atoms with Crippen molar-refractivity contribution in [3.63, 3.8) is 0 Å². The highest BCUT2D eigenvalue weighted by molar-refractivity contribution is 9.10. The summed E-state index contributed by atoms with van der Waals surface area (Å²) >= 11 is 3.48. The molecule has 3 aromatic rings. The normalized spacial score (nSPS) is 11.1. The van der Waals surface area contributed by atoms with Crippen LogP contribution in [0.15, 0.2) is 34.8 Å². The first-order valence-corrected chi connectivity index (χ1v) is 6.80. The molecule has 2 N–H and O–H groups in total. The second-order valence-corrected chi connectivity index (χ2v) is 5.59. The first kappa shape index (κ1) is 12.2. The Labute approximate surface area is 119 Å². The van der Waals surface area contributed by atoms with Gasteiger partial charge in [-0.1, -0.05) is 28.1 Å². The summed E-state index contributed by atoms with van der Waals surface area (Å²) in [6, 6.07) is 9.68. The van der Waals surface area contributed by atoms with Crippen LogP contribution in [0.5, 0.6) is 5.75 Å². The van der Waals surface area contributed by atoms with Gasteiger partial charge in [-0.2, -0.15) is 0 Å². The van der Waals surface area contributed by atoms with E-state index >= 15 is 0 Å². The molecule has 19 heavy (non-hydrogen) atoms. The Balaban J connectivity index is 2.26. The van der Waals surface area contributed by atoms with Gasteiger partial charge >= 0.3 is 0 Å². The number of aromatic hydroxyl groups is 1. The maximum absolute atomic E-state index is 10.1. The summed E-state index contributed by atoms with van der Waals surface area (Å²) in [5.74, 6) is 0.968. The van der Waals surface area contributed by atoms with Gasteiger partial charge in [-0.25, -0.2) is 4.98 Å². The average Bonchev–Trinajstić information content (AvgIpc) is 2.76. The number of H-pyrrole nitrogens is 1. The lowest BCUT2D eigenvalue weighted by molar-refractivity contribution is 0.473. The van der Waals surface area contributed by atoms with Crippen molar-refractivity contribution in [3.05, 3.63) is 45.9 Å². The van der Waals surface area contributed by atoms with Gasteiger partial charge in [0, 0.05) is 4.47 Å². The second kappa shape index (κ2) is 4.38. The summed E-state index contributed by atoms with van der Waals surface area (Å²) in [6.07, 6.45) is 0. The fraction of sp³-hybridized carbons (Fsp3) is 0.133. The summed E-state index contributed by atoms with van der Waals surface area (Å²) in [7, 11) is 0. The number of rotatable bonds is 1. The lowest BCUT2D eigenvalue weighted by atomic mass is 10.1. The quantitative estimate of drug-likeness (QED) is 0.702. The van der Waals surface area contributed by atoms with E-state index in [2.05, 4.69) is 25.9 Å². The molecule has 1 heterocycles. The molecule has 0 saturated heterocycles. The Kier molecular flexibility index (Phi) is 2.82. The highest BCUT2D eigenvalue weighted by Crippen LogP contribution is 2.32. The number of halogens is 1. The number of hydrogen-bond acceptors (Lipinski definition) is 2. The minimum Gasteiger partial charge on any atom is -0.507 e. The minimum atomic E-state index is 0.276. The highest BCUT2D eigenvalue weighted by atomic mass is 79.9. The van der Waals surface area contributed by atoms with Gasteiger partial charge in [-0.15, -0.1) is 0 Å². The molecule has 0 aliphatic carbocycles. The molecular weight excluding hydrogens is 304 g/mol. The van der Waals surface area contributed by atoms with E-state index in [1.165, 1.54) is 0 Å². The van der Waals surface area contributed by atoms with Crippen molar-refractivity contribution in [1.29, 1.82) is 0 Å². The van der Waals surface area contributed by atoms with E-state index in [-0.39, 0.29) is 5.75 Å². The third-order valence-electron chi connectivity index (χ3n) is 3.23. The number of para-hydroxylation sites is 1. The maximum atomic E-state index is 10.1. The fourth-order valence-corrected chi connectivity index (χ4v) is 2.80. The van der Waals surface area contributed by atoms with Gasteiger partial charge in [0.05, 0.1) is 16.6 Å². The van der Waals surface area contributed by atoms with Gasteiger partial charge in [0.1, 0.15) is 11.6 Å². The van der Waals surface area contributed by atoms with Crippen LogP contribution in [0.25, 0.3) is 22.4 Å². The second-order valence-electron chi connectivity index (χ2n) is 4.68. The lowest BCUT2D eigenvalue weighted by Crippen LogP contribution is -1.84. The van der Waals surface area contributed by atoms with E-state index in [0.717, 1.165) is 32.2 Å². The Morgan fingerprint density at radius 2 is 1.95 bits per heavy atom. The van der Waals surface area contributed by atoms with Crippen molar-refractivity contribution < 1.29 is 5.11 Å². The van der Waals surface area contributed by atoms with Crippen LogP contribution >= 0.6 is 15.9 Å². The van der Waals surface area contributed by atoms with Crippen LogP contribution in [0.4, 0.5) is 0 Å². The fourth-order valence-electron chi connectivity index (χ4n) is 2.22. The van der Waals surface area contributed by atoms with Gasteiger partial charge in [0.15, 0.2) is 0 Å². The number of fused-ring (bicyclic) bond motifs is 1. The van der Waals surface area contributed by atoms with Gasteiger partial charge in [-0.3, -0.25) is 0 Å². The molecule has 3 rings (SSSR count). The molecule has 0 unspecified atom stereocenters. The Morgan fingerprint density at radius 3 is 2.74 bits per heavy atom. The SMILES string of the molecule is Cc1cccc(-c2nc3c(C)cc(Br)cc3[nH]2)c1O. The third kappa shape index (κ3) is 2.02. The molecule has 96 valence electrons. The maximum Gasteiger partial charge on any atom is 0.142 e. The van der Waals surface area contributed by atoms with Crippen LogP contribution in [-0.4, -0.2) is 15.1 Å². The molecule has 0 atom stereocenters. The standard InChI is InChI=1S/C15H13BrN2O/c1-8-4-3-5-11(14(8)19)15-17-12-7-10(16)6-9(2)13(12)18-15/h3-7,19H,1-2H3,(H,17,18). The number of aromatic nitrogens is 2. The predicted octanol–water partition coefficient (Wildman–Crippen LogP) is 4.31. The monoisotopic (exact) mass is 316 g/mol. The van der Waals surface area contributed by atoms with E-state index in [1.807, 2.05) is 44.2 Å². The molecule has 0 spiro atoms. The zero-order valence-electron chi connectivity index (χ0n) is 10.7. The Bertz CT molecular complexity index is 777. The zero-order chi connectivity index (χ0) is 13.6. The van der Waals surface area contributed by atoms with Crippen LogP contribution in [-0.2, 0) is 0 Å². The van der Waals surface area contributed by atoms with E-state index in [9.17, 15) is 5.11 Å². The summed E-state index contributed by atoms with van der Waals surface area (Å²) in [6.45, 7) is 3.90. The van der Waals surface area contributed by atoms with Crippen LogP contribution < -0.4 is 0 Å². The van der Waals surface area contributed by atoms with Crippen molar-refractivity contribution in [2.75, 3.05) is 0 Å². The molecule has 0 aliphatic heterocycles. The summed E-state index contributed by atoms with van der Waals surface area (Å²) in [5.41, 5.74) is 4.56. The molecule has 0 bridgehead atoms. The first-order valence-electron chi connectivity index (χ1n) is 6.01. The Morgan fingerprint density at radius 1 is 1.16 bits per heavy atom. The van der Waals surface area contributed by atoms with E-state index in [4.69, 9.17) is 0 Å². The van der Waals surface area contributed by atoms with Crippen LogP contribution in [0, 0.1) is 13.8 Å². The molecule has 0 fully saturated rings. The van der Waals surface area contributed by atoms with E-state index < -0.39 is 0 Å². The first-order chi connectivity index (χ1) is 9.06. The van der Waals surface area contributed by atoms with E-state index in [1.54, 1.807) is 0 Å². The van der Waals surface area contributed by atoms with Gasteiger partial charge in [0.2, 0.25) is 0 Å². The topological polar surface area (TPSA) is 48.9 Å². The number of aromatic amines is 1. The third-order valence-corrected chi connectivity index (χ3v) is 3.69. The lowest BCUT2D eigenvalue weighted by Gasteiger charge is -2.03. The molecule has 0 radical (unpaired) electrons. The predicted molar refractivity (Wildman–Crippen MR) is 80.4 cm³/mol. The van der Waals surface area contributed by atoms with Gasteiger partial charge in [-0.05, 0) is 43.2 Å². The van der Waals surface area contributed by atoms with Crippen molar-refractivity contribution in [1.82, 2.24) is 9.97 Å². The molecule has 3 nitrogen and oxygen atoms in total. The minimum absolute atomic E-state index is 0.276. The van der Waals surface area contributed by atoms with Crippen molar-refractivity contribution in [2.24, 2.45) is 0 Å². The number of aryl methyl sites for hydroxylation is 2. The van der Waals surface area contributed by atoms with Crippen LogP contribution in [0.1, 0.15) is 11.1 Å². The molecule has 2 aromatic carbocycles. The largest absolute Gasteiger partial charge is 0.507 e. The number of nitrogens with one attached hydrogen (secondary N) is 1. The smallest absolute Gasteiger partial charge is 0.142 e. The molecule has 1 aromatic heterocycles. The number of phenols is 1. The van der Waals surface area contributed by atoms with Gasteiger partial charge in [0.25, 0.3) is 0 Å². The number of imidazole rings is 1. The van der Waals surface area contributed by atoms with Crippen molar-refractivity contribution >= 4 is 27.0 Å². The zero-order valence-corrected chi connectivity index (χ0v) is 12.2. The van der Waals surface area contributed by atoms with Crippen molar-refractivity contribution in [3.8, 4) is 17.1 Å². The number of nitrogens with zero attached hydrogens (tertiary/aromatic N) is 1. The van der Waals surface area contributed by atoms with Crippen LogP contribution in [0.2, 0.25) is 0 Å². The highest BCUT2D eigenvalue weighted by Gasteiger charge is 2.12. The summed E-state index contributed by atoms with van der Waals surface area (Å²) in [4.78, 5) is 7.85. The Hall–Kier alpha value is -1.81. The number of phenolic OH excluding ortho intramolecular Hbond substituents is 1. The van der Waals surface area contributed by atoms with Crippen molar-refractivity contribution in [2.45, 2.75) is 13.8 Å². The molecular formula is C15H13BrN2O. The number of benzene rings is 2. The molecule has 4 heteroatoms. The molecule has 0 aliphatic rings. The van der Waals surface area contributed by atoms with Crippen LogP contribution in [0.3, 0.4) is 0 Å². The average molecular weight is 317 g/mol.